The van der Waals surface area contributed by atoms with Crippen molar-refractivity contribution in [3.63, 3.8) is 0 Å². The quantitative estimate of drug-likeness (QED) is 0.722. The van der Waals surface area contributed by atoms with Crippen molar-refractivity contribution in [2.24, 2.45) is 5.92 Å². The van der Waals surface area contributed by atoms with Crippen LogP contribution in [0.4, 0.5) is 5.13 Å². The van der Waals surface area contributed by atoms with Gasteiger partial charge in [-0.2, -0.15) is 0 Å². The molecule has 1 aliphatic rings. The van der Waals surface area contributed by atoms with E-state index in [2.05, 4.69) is 15.6 Å². The number of benzene rings is 1. The van der Waals surface area contributed by atoms with Gasteiger partial charge in [-0.1, -0.05) is 11.6 Å². The number of anilines is 1. The minimum atomic E-state index is 0. The van der Waals surface area contributed by atoms with Crippen LogP contribution in [0.3, 0.4) is 0 Å². The summed E-state index contributed by atoms with van der Waals surface area (Å²) in [6.45, 7) is 2.12. The van der Waals surface area contributed by atoms with E-state index in [9.17, 15) is 4.79 Å². The zero-order valence-electron chi connectivity index (χ0n) is 14.6. The third-order valence-electron chi connectivity index (χ3n) is 4.44. The normalized spacial score (nSPS) is 14.5. The molecular formula is C18H23Cl2N3O2S. The van der Waals surface area contributed by atoms with Crippen LogP contribution in [0.1, 0.15) is 25.7 Å². The molecule has 0 bridgehead atoms. The van der Waals surface area contributed by atoms with E-state index < -0.39 is 0 Å². The van der Waals surface area contributed by atoms with E-state index in [0.29, 0.717) is 28.2 Å². The van der Waals surface area contributed by atoms with Crippen molar-refractivity contribution in [2.45, 2.75) is 25.7 Å². The Morgan fingerprint density at radius 3 is 2.88 bits per heavy atom. The summed E-state index contributed by atoms with van der Waals surface area (Å²) in [7, 11) is 1.58. The number of nitrogens with zero attached hydrogens (tertiary/aromatic N) is 1. The zero-order chi connectivity index (χ0) is 17.6. The van der Waals surface area contributed by atoms with Crippen LogP contribution < -0.4 is 15.4 Å². The number of hydrogen-bond donors (Lipinski definition) is 2. The van der Waals surface area contributed by atoms with Crippen molar-refractivity contribution in [1.29, 1.82) is 0 Å². The first kappa shape index (κ1) is 21.0. The fraction of sp³-hybridized carbons (Fsp3) is 0.444. The Labute approximate surface area is 168 Å². The van der Waals surface area contributed by atoms with Crippen molar-refractivity contribution >= 4 is 46.4 Å². The Morgan fingerprint density at radius 1 is 1.42 bits per heavy atom. The van der Waals surface area contributed by atoms with Gasteiger partial charge in [-0.05, 0) is 56.5 Å². The summed E-state index contributed by atoms with van der Waals surface area (Å²) in [5.74, 6) is 1.32. The zero-order valence-corrected chi connectivity index (χ0v) is 17.0. The molecule has 0 unspecified atom stereocenters. The second kappa shape index (κ2) is 10.1. The van der Waals surface area contributed by atoms with Crippen LogP contribution in [-0.4, -0.2) is 31.1 Å². The van der Waals surface area contributed by atoms with Gasteiger partial charge in [0.1, 0.15) is 5.75 Å². The van der Waals surface area contributed by atoms with E-state index in [1.54, 1.807) is 7.11 Å². The lowest BCUT2D eigenvalue weighted by Crippen LogP contribution is -2.28. The molecule has 1 amide bonds. The van der Waals surface area contributed by atoms with Crippen molar-refractivity contribution in [3.8, 4) is 17.0 Å². The summed E-state index contributed by atoms with van der Waals surface area (Å²) >= 11 is 7.58. The van der Waals surface area contributed by atoms with E-state index in [-0.39, 0.29) is 18.3 Å². The standard InChI is InChI=1S/C18H22ClN3O2S.ClH/c1-24-16-4-3-13(10-14(16)19)15-11-25-18(21-15)22-17(23)5-2-12-6-8-20-9-7-12;/h3-4,10-12,20H,2,5-9H2,1H3,(H,21,22,23);1H. The summed E-state index contributed by atoms with van der Waals surface area (Å²) in [5, 5.41) is 9.33. The molecule has 142 valence electrons. The smallest absolute Gasteiger partial charge is 0.226 e. The van der Waals surface area contributed by atoms with Gasteiger partial charge in [-0.15, -0.1) is 23.7 Å². The summed E-state index contributed by atoms with van der Waals surface area (Å²) in [4.78, 5) is 16.6. The predicted molar refractivity (Wildman–Crippen MR) is 110 cm³/mol. The monoisotopic (exact) mass is 415 g/mol. The summed E-state index contributed by atoms with van der Waals surface area (Å²) < 4.78 is 5.16. The number of carbonyl (C=O) groups excluding carboxylic acids is 1. The van der Waals surface area contributed by atoms with Crippen LogP contribution in [-0.2, 0) is 4.79 Å². The van der Waals surface area contributed by atoms with Crippen LogP contribution >= 0.6 is 35.3 Å². The van der Waals surface area contributed by atoms with Crippen LogP contribution in [0, 0.1) is 5.92 Å². The van der Waals surface area contributed by atoms with Crippen molar-refractivity contribution in [3.05, 3.63) is 28.6 Å². The highest BCUT2D eigenvalue weighted by molar-refractivity contribution is 7.14. The Hall–Kier alpha value is -1.34. The van der Waals surface area contributed by atoms with E-state index in [0.717, 1.165) is 43.6 Å². The van der Waals surface area contributed by atoms with Gasteiger partial charge < -0.3 is 15.4 Å². The molecular weight excluding hydrogens is 393 g/mol. The van der Waals surface area contributed by atoms with Crippen molar-refractivity contribution < 1.29 is 9.53 Å². The van der Waals surface area contributed by atoms with E-state index >= 15 is 0 Å². The maximum atomic E-state index is 12.1. The molecule has 0 radical (unpaired) electrons. The van der Waals surface area contributed by atoms with Gasteiger partial charge in [-0.3, -0.25) is 4.79 Å². The number of thiazole rings is 1. The van der Waals surface area contributed by atoms with Crippen molar-refractivity contribution in [2.75, 3.05) is 25.5 Å². The third-order valence-corrected chi connectivity index (χ3v) is 5.49. The molecule has 1 aromatic heterocycles. The second-order valence-electron chi connectivity index (χ2n) is 6.17. The second-order valence-corrected chi connectivity index (χ2v) is 7.43. The summed E-state index contributed by atoms with van der Waals surface area (Å²) in [6, 6.07) is 5.54. The average molecular weight is 416 g/mol. The number of hydrogen-bond acceptors (Lipinski definition) is 5. The molecule has 0 atom stereocenters. The Morgan fingerprint density at radius 2 is 2.19 bits per heavy atom. The number of ether oxygens (including phenoxy) is 1. The number of halogens is 2. The number of nitrogens with one attached hydrogen (secondary N) is 2. The van der Waals surface area contributed by atoms with Gasteiger partial charge in [0.2, 0.25) is 5.91 Å². The number of amides is 1. The predicted octanol–water partition coefficient (Wildman–Crippen LogP) is 4.61. The molecule has 0 saturated carbocycles. The molecule has 2 aromatic rings. The number of piperidine rings is 1. The maximum Gasteiger partial charge on any atom is 0.226 e. The molecule has 0 aliphatic carbocycles. The molecule has 1 aliphatic heterocycles. The molecule has 26 heavy (non-hydrogen) atoms. The molecule has 2 heterocycles. The number of methoxy groups -OCH3 is 1. The van der Waals surface area contributed by atoms with Crippen LogP contribution in [0.2, 0.25) is 5.02 Å². The first-order chi connectivity index (χ1) is 12.2. The first-order valence-corrected chi connectivity index (χ1v) is 9.71. The van der Waals surface area contributed by atoms with Crippen LogP contribution in [0.15, 0.2) is 23.6 Å². The summed E-state index contributed by atoms with van der Waals surface area (Å²) in [5.41, 5.74) is 1.69. The highest BCUT2D eigenvalue weighted by Gasteiger charge is 2.15. The molecule has 1 aromatic carbocycles. The van der Waals surface area contributed by atoms with Crippen LogP contribution in [0.5, 0.6) is 5.75 Å². The molecule has 8 heteroatoms. The highest BCUT2D eigenvalue weighted by atomic mass is 35.5. The van der Waals surface area contributed by atoms with Gasteiger partial charge >= 0.3 is 0 Å². The lowest BCUT2D eigenvalue weighted by Gasteiger charge is -2.21. The number of rotatable bonds is 6. The maximum absolute atomic E-state index is 12.1. The number of aromatic nitrogens is 1. The lowest BCUT2D eigenvalue weighted by atomic mass is 9.93. The molecule has 5 nitrogen and oxygen atoms in total. The average Bonchev–Trinajstić information content (AvgIpc) is 3.09. The molecule has 0 spiro atoms. The fourth-order valence-corrected chi connectivity index (χ4v) is 3.97. The molecule has 1 saturated heterocycles. The summed E-state index contributed by atoms with van der Waals surface area (Å²) in [6.07, 6.45) is 3.81. The third kappa shape index (κ3) is 5.58. The van der Waals surface area contributed by atoms with Crippen molar-refractivity contribution in [1.82, 2.24) is 10.3 Å². The van der Waals surface area contributed by atoms with Gasteiger partial charge in [0.05, 0.1) is 17.8 Å². The van der Waals surface area contributed by atoms with Gasteiger partial charge in [0.25, 0.3) is 0 Å². The van der Waals surface area contributed by atoms with E-state index in [1.165, 1.54) is 11.3 Å². The van der Waals surface area contributed by atoms with Crippen LogP contribution in [0.25, 0.3) is 11.3 Å². The molecule has 2 N–H and O–H groups in total. The Kier molecular flexibility index (Phi) is 8.15. The molecule has 3 rings (SSSR count). The fourth-order valence-electron chi connectivity index (χ4n) is 2.98. The lowest BCUT2D eigenvalue weighted by molar-refractivity contribution is -0.116. The Balaban J connectivity index is 0.00000243. The highest BCUT2D eigenvalue weighted by Crippen LogP contribution is 2.31. The van der Waals surface area contributed by atoms with E-state index in [4.69, 9.17) is 16.3 Å². The SMILES string of the molecule is COc1ccc(-c2csc(NC(=O)CCC3CCNCC3)n2)cc1Cl.Cl. The topological polar surface area (TPSA) is 63.2 Å². The minimum absolute atomic E-state index is 0. The largest absolute Gasteiger partial charge is 0.495 e. The number of carbonyl (C=O) groups is 1. The first-order valence-electron chi connectivity index (χ1n) is 8.45. The van der Waals surface area contributed by atoms with E-state index in [1.807, 2.05) is 23.6 Å². The molecule has 1 fully saturated rings. The van der Waals surface area contributed by atoms with Gasteiger partial charge in [-0.25, -0.2) is 4.98 Å². The minimum Gasteiger partial charge on any atom is -0.495 e. The van der Waals surface area contributed by atoms with Gasteiger partial charge in [0.15, 0.2) is 5.13 Å². The van der Waals surface area contributed by atoms with Gasteiger partial charge in [0, 0.05) is 17.4 Å². The Bertz CT molecular complexity index is 733.